The van der Waals surface area contributed by atoms with Crippen LogP contribution in [0.5, 0.6) is 0 Å². The number of rotatable bonds is 6. The Bertz CT molecular complexity index is 1540. The number of benzene rings is 3. The number of ether oxygens (including phenoxy) is 1. The second kappa shape index (κ2) is 9.43. The molecule has 0 aliphatic heterocycles. The van der Waals surface area contributed by atoms with E-state index >= 15 is 0 Å². The lowest BCUT2D eigenvalue weighted by molar-refractivity contribution is -0.144. The van der Waals surface area contributed by atoms with Gasteiger partial charge in [-0.1, -0.05) is 60.7 Å². The summed E-state index contributed by atoms with van der Waals surface area (Å²) < 4.78 is 7.14. The fraction of sp³-hybridized carbons (Fsp3) is 0.138. The molecule has 1 amide bonds. The summed E-state index contributed by atoms with van der Waals surface area (Å²) in [5.41, 5.74) is 3.82. The van der Waals surface area contributed by atoms with Crippen LogP contribution in [-0.2, 0) is 20.7 Å². The number of amides is 1. The van der Waals surface area contributed by atoms with Crippen molar-refractivity contribution in [1.29, 1.82) is 0 Å². The average Bonchev–Trinajstić information content (AvgIpc) is 3.21. The maximum Gasteiger partial charge on any atom is 0.328 e. The molecular formula is C29H25N3O3. The summed E-state index contributed by atoms with van der Waals surface area (Å²) in [5.74, 6) is -0.00676. The number of fused-ring (bicyclic) bond motifs is 2. The van der Waals surface area contributed by atoms with Gasteiger partial charge >= 0.3 is 5.97 Å². The highest BCUT2D eigenvalue weighted by atomic mass is 16.5. The highest BCUT2D eigenvalue weighted by Crippen LogP contribution is 2.38. The molecule has 1 N–H and O–H groups in total. The van der Waals surface area contributed by atoms with E-state index < -0.39 is 12.0 Å². The van der Waals surface area contributed by atoms with Gasteiger partial charge in [0, 0.05) is 24.9 Å². The summed E-state index contributed by atoms with van der Waals surface area (Å²) in [6, 6.07) is 27.6. The minimum atomic E-state index is -0.820. The predicted octanol–water partition coefficient (Wildman–Crippen LogP) is 5.07. The van der Waals surface area contributed by atoms with Gasteiger partial charge in [0.25, 0.3) is 0 Å². The zero-order valence-electron chi connectivity index (χ0n) is 19.6. The zero-order valence-corrected chi connectivity index (χ0v) is 19.6. The standard InChI is InChI=1S/C29H25N3O3/c1-19(33)31-25(29(34)35-2)18-24-23-11-5-6-12-26(23)32(27-13-7-8-16-30-27)28(24)22-15-14-20-9-3-4-10-21(20)17-22/h3-17,25H,18H2,1-2H3,(H,31,33)/t25-/m0/s1. The molecule has 6 nitrogen and oxygen atoms in total. The molecule has 2 heterocycles. The van der Waals surface area contributed by atoms with Gasteiger partial charge in [-0.25, -0.2) is 9.78 Å². The van der Waals surface area contributed by atoms with Crippen LogP contribution >= 0.6 is 0 Å². The summed E-state index contributed by atoms with van der Waals surface area (Å²) in [7, 11) is 1.33. The molecule has 5 rings (SSSR count). The third kappa shape index (κ3) is 4.26. The number of nitrogens with one attached hydrogen (secondary N) is 1. The first-order valence-corrected chi connectivity index (χ1v) is 11.4. The molecule has 0 spiro atoms. The van der Waals surface area contributed by atoms with E-state index in [1.165, 1.54) is 14.0 Å². The van der Waals surface area contributed by atoms with Gasteiger partial charge in [0.15, 0.2) is 0 Å². The Hall–Kier alpha value is -4.45. The summed E-state index contributed by atoms with van der Waals surface area (Å²) in [6.07, 6.45) is 2.04. The van der Waals surface area contributed by atoms with Crippen molar-refractivity contribution in [3.05, 3.63) is 96.7 Å². The summed E-state index contributed by atoms with van der Waals surface area (Å²) in [4.78, 5) is 29.2. The zero-order chi connectivity index (χ0) is 24.4. The lowest BCUT2D eigenvalue weighted by atomic mass is 9.97. The lowest BCUT2D eigenvalue weighted by Crippen LogP contribution is -2.42. The van der Waals surface area contributed by atoms with Crippen LogP contribution in [0.3, 0.4) is 0 Å². The number of methoxy groups -OCH3 is 1. The van der Waals surface area contributed by atoms with Gasteiger partial charge in [-0.2, -0.15) is 0 Å². The molecule has 6 heteroatoms. The van der Waals surface area contributed by atoms with Crippen LogP contribution in [0.25, 0.3) is 38.8 Å². The van der Waals surface area contributed by atoms with Crippen LogP contribution in [0.2, 0.25) is 0 Å². The number of pyridine rings is 1. The van der Waals surface area contributed by atoms with Crippen LogP contribution in [0.4, 0.5) is 0 Å². The van der Waals surface area contributed by atoms with E-state index in [0.717, 1.165) is 44.3 Å². The van der Waals surface area contributed by atoms with E-state index in [1.54, 1.807) is 6.20 Å². The molecule has 0 saturated heterocycles. The van der Waals surface area contributed by atoms with Gasteiger partial charge in [-0.15, -0.1) is 0 Å². The van der Waals surface area contributed by atoms with Crippen LogP contribution in [0.1, 0.15) is 12.5 Å². The predicted molar refractivity (Wildman–Crippen MR) is 137 cm³/mol. The SMILES string of the molecule is COC(=O)[C@H](Cc1c(-c2ccc3ccccc3c2)n(-c2ccccn2)c2ccccc12)NC(C)=O. The Balaban J connectivity index is 1.81. The van der Waals surface area contributed by atoms with E-state index in [0.29, 0.717) is 0 Å². The third-order valence-electron chi connectivity index (χ3n) is 6.15. The average molecular weight is 464 g/mol. The molecule has 1 atom stereocenters. The molecular weight excluding hydrogens is 438 g/mol. The van der Waals surface area contributed by atoms with Gasteiger partial charge in [0.1, 0.15) is 11.9 Å². The van der Waals surface area contributed by atoms with E-state index in [4.69, 9.17) is 4.74 Å². The van der Waals surface area contributed by atoms with Crippen LogP contribution in [0.15, 0.2) is 91.1 Å². The lowest BCUT2D eigenvalue weighted by Gasteiger charge is -2.18. The number of para-hydroxylation sites is 1. The minimum Gasteiger partial charge on any atom is -0.467 e. The second-order valence-electron chi connectivity index (χ2n) is 8.41. The van der Waals surface area contributed by atoms with Crippen molar-refractivity contribution in [2.45, 2.75) is 19.4 Å². The van der Waals surface area contributed by atoms with Crippen molar-refractivity contribution in [3.63, 3.8) is 0 Å². The van der Waals surface area contributed by atoms with E-state index in [-0.39, 0.29) is 12.3 Å². The van der Waals surface area contributed by atoms with Crippen molar-refractivity contribution < 1.29 is 14.3 Å². The van der Waals surface area contributed by atoms with Crippen molar-refractivity contribution in [2.24, 2.45) is 0 Å². The molecule has 35 heavy (non-hydrogen) atoms. The molecule has 0 saturated carbocycles. The molecule has 0 aliphatic carbocycles. The van der Waals surface area contributed by atoms with Gasteiger partial charge in [0.2, 0.25) is 5.91 Å². The minimum absolute atomic E-state index is 0.273. The second-order valence-corrected chi connectivity index (χ2v) is 8.41. The Morgan fingerprint density at radius 1 is 0.943 bits per heavy atom. The normalized spacial score (nSPS) is 11.9. The number of esters is 1. The van der Waals surface area contributed by atoms with Gasteiger partial charge < -0.3 is 10.1 Å². The largest absolute Gasteiger partial charge is 0.467 e. The molecule has 0 radical (unpaired) electrons. The molecule has 174 valence electrons. The number of aromatic nitrogens is 2. The van der Waals surface area contributed by atoms with Crippen LogP contribution in [0, 0.1) is 0 Å². The number of hydrogen-bond acceptors (Lipinski definition) is 4. The van der Waals surface area contributed by atoms with Crippen molar-refractivity contribution in [3.8, 4) is 17.1 Å². The molecule has 0 fully saturated rings. The van der Waals surface area contributed by atoms with Gasteiger partial charge in [0.05, 0.1) is 18.3 Å². The highest BCUT2D eigenvalue weighted by molar-refractivity contribution is 5.96. The fourth-order valence-corrected chi connectivity index (χ4v) is 4.66. The molecule has 3 aromatic carbocycles. The molecule has 0 bridgehead atoms. The summed E-state index contributed by atoms with van der Waals surface area (Å²) in [6.45, 7) is 1.40. The maximum atomic E-state index is 12.6. The first kappa shape index (κ1) is 22.3. The van der Waals surface area contributed by atoms with Gasteiger partial charge in [-0.3, -0.25) is 9.36 Å². The number of carbonyl (C=O) groups excluding carboxylic acids is 2. The smallest absolute Gasteiger partial charge is 0.328 e. The molecule has 0 aliphatic rings. The first-order valence-electron chi connectivity index (χ1n) is 11.4. The van der Waals surface area contributed by atoms with Crippen molar-refractivity contribution in [1.82, 2.24) is 14.9 Å². The Morgan fingerprint density at radius 2 is 1.69 bits per heavy atom. The number of carbonyl (C=O) groups is 2. The number of nitrogens with zero attached hydrogens (tertiary/aromatic N) is 2. The van der Waals surface area contributed by atoms with Crippen molar-refractivity contribution >= 4 is 33.6 Å². The van der Waals surface area contributed by atoms with Crippen molar-refractivity contribution in [2.75, 3.05) is 7.11 Å². The maximum absolute atomic E-state index is 12.6. The quantitative estimate of drug-likeness (QED) is 0.357. The van der Waals surface area contributed by atoms with E-state index in [1.807, 2.05) is 54.6 Å². The Morgan fingerprint density at radius 3 is 2.43 bits per heavy atom. The fourth-order valence-electron chi connectivity index (χ4n) is 4.66. The van der Waals surface area contributed by atoms with E-state index in [9.17, 15) is 9.59 Å². The molecule has 0 unspecified atom stereocenters. The van der Waals surface area contributed by atoms with Crippen LogP contribution < -0.4 is 5.32 Å². The van der Waals surface area contributed by atoms with E-state index in [2.05, 4.69) is 45.2 Å². The first-order chi connectivity index (χ1) is 17.1. The number of hydrogen-bond donors (Lipinski definition) is 1. The molecule has 5 aromatic rings. The Labute approximate surface area is 203 Å². The highest BCUT2D eigenvalue weighted by Gasteiger charge is 2.27. The van der Waals surface area contributed by atoms with Gasteiger partial charge in [-0.05, 0) is 46.2 Å². The molecule has 2 aromatic heterocycles. The monoisotopic (exact) mass is 463 g/mol. The summed E-state index contributed by atoms with van der Waals surface area (Å²) >= 11 is 0. The third-order valence-corrected chi connectivity index (χ3v) is 6.15. The summed E-state index contributed by atoms with van der Waals surface area (Å²) in [5, 5.41) is 6.00. The Kier molecular flexibility index (Phi) is 6.02. The topological polar surface area (TPSA) is 73.2 Å². The van der Waals surface area contributed by atoms with Crippen LogP contribution in [-0.4, -0.2) is 34.6 Å².